The number of ether oxygens (including phenoxy) is 1. The minimum absolute atomic E-state index is 0.103. The quantitative estimate of drug-likeness (QED) is 0.637. The largest absolute Gasteiger partial charge is 0.573 e. The average Bonchev–Trinajstić information content (AvgIpc) is 3.02. The molecule has 0 saturated carbocycles. The van der Waals surface area contributed by atoms with E-state index in [-0.39, 0.29) is 24.1 Å². The summed E-state index contributed by atoms with van der Waals surface area (Å²) in [7, 11) is 0. The average molecular weight is 396 g/mol. The van der Waals surface area contributed by atoms with E-state index in [1.807, 2.05) is 6.92 Å². The monoisotopic (exact) mass is 396 g/mol. The fourth-order valence-electron chi connectivity index (χ4n) is 2.63. The van der Waals surface area contributed by atoms with Crippen molar-refractivity contribution in [2.75, 3.05) is 0 Å². The second-order valence-corrected chi connectivity index (χ2v) is 6.95. The van der Waals surface area contributed by atoms with E-state index in [1.54, 1.807) is 6.07 Å². The van der Waals surface area contributed by atoms with Crippen LogP contribution in [-0.4, -0.2) is 21.7 Å². The maximum absolute atomic E-state index is 12.5. The van der Waals surface area contributed by atoms with Crippen LogP contribution >= 0.6 is 11.3 Å². The lowest BCUT2D eigenvalue weighted by atomic mass is 10.1. The first-order chi connectivity index (χ1) is 12.8. The Balaban J connectivity index is 1.80. The third-order valence-corrected chi connectivity index (χ3v) is 5.04. The minimum atomic E-state index is -4.85. The van der Waals surface area contributed by atoms with Gasteiger partial charge in [0.2, 0.25) is 0 Å². The predicted molar refractivity (Wildman–Crippen MR) is 95.1 cm³/mol. The summed E-state index contributed by atoms with van der Waals surface area (Å²) >= 11 is 1.42. The fourth-order valence-corrected chi connectivity index (χ4v) is 3.55. The van der Waals surface area contributed by atoms with Gasteiger partial charge in [-0.25, -0.2) is 4.98 Å². The molecule has 0 unspecified atom stereocenters. The van der Waals surface area contributed by atoms with E-state index in [0.29, 0.717) is 10.2 Å². The number of thiophene rings is 1. The number of para-hydroxylation sites is 1. The van der Waals surface area contributed by atoms with Crippen LogP contribution in [0, 0.1) is 0 Å². The molecule has 0 aliphatic carbocycles. The highest BCUT2D eigenvalue weighted by Gasteiger charge is 2.32. The summed E-state index contributed by atoms with van der Waals surface area (Å²) < 4.78 is 42.6. The van der Waals surface area contributed by atoms with Crippen molar-refractivity contribution in [3.8, 4) is 5.75 Å². The van der Waals surface area contributed by atoms with Crippen LogP contribution in [0.2, 0.25) is 0 Å². The number of aromatic nitrogens is 2. The number of aryl methyl sites for hydroxylation is 1. The van der Waals surface area contributed by atoms with Crippen molar-refractivity contribution in [1.29, 1.82) is 0 Å². The van der Waals surface area contributed by atoms with Crippen LogP contribution < -0.4 is 10.3 Å². The van der Waals surface area contributed by atoms with Gasteiger partial charge in [0.15, 0.2) is 5.78 Å². The molecule has 3 aromatic rings. The van der Waals surface area contributed by atoms with Gasteiger partial charge in [0.25, 0.3) is 5.56 Å². The number of alkyl halides is 3. The lowest BCUT2D eigenvalue weighted by Gasteiger charge is -2.13. The molecule has 0 spiro atoms. The Bertz CT molecular complexity index is 1040. The van der Waals surface area contributed by atoms with Crippen LogP contribution in [0.4, 0.5) is 13.2 Å². The molecule has 1 aromatic carbocycles. The van der Waals surface area contributed by atoms with Crippen LogP contribution in [0.25, 0.3) is 10.2 Å². The van der Waals surface area contributed by atoms with Crippen molar-refractivity contribution in [3.05, 3.63) is 57.5 Å². The van der Waals surface area contributed by atoms with Crippen LogP contribution in [0.3, 0.4) is 0 Å². The molecule has 2 heterocycles. The van der Waals surface area contributed by atoms with Crippen molar-refractivity contribution in [2.24, 2.45) is 0 Å². The summed E-state index contributed by atoms with van der Waals surface area (Å²) in [6.07, 6.45) is -3.08. The zero-order chi connectivity index (χ0) is 19.6. The molecule has 0 bridgehead atoms. The molecule has 0 saturated heterocycles. The maximum Gasteiger partial charge on any atom is 0.573 e. The molecule has 0 aliphatic heterocycles. The molecule has 0 atom stereocenters. The molecule has 27 heavy (non-hydrogen) atoms. The predicted octanol–water partition coefficient (Wildman–Crippen LogP) is 3.73. The van der Waals surface area contributed by atoms with E-state index in [1.165, 1.54) is 40.4 Å². The molecule has 5 nitrogen and oxygen atoms in total. The fraction of sp³-hybridized carbons (Fsp3) is 0.278. The van der Waals surface area contributed by atoms with E-state index < -0.39 is 17.9 Å². The Kier molecular flexibility index (Phi) is 5.31. The Morgan fingerprint density at radius 3 is 2.74 bits per heavy atom. The lowest BCUT2D eigenvalue weighted by Crippen LogP contribution is -2.25. The number of nitrogens with zero attached hydrogens (tertiary/aromatic N) is 2. The highest BCUT2D eigenvalue weighted by Crippen LogP contribution is 2.26. The van der Waals surface area contributed by atoms with Gasteiger partial charge in [0, 0.05) is 16.9 Å². The van der Waals surface area contributed by atoms with Crippen LogP contribution in [-0.2, 0) is 24.2 Å². The second-order valence-electron chi connectivity index (χ2n) is 5.83. The Morgan fingerprint density at radius 2 is 2.04 bits per heavy atom. The number of carbonyl (C=O) groups excluding carboxylic acids is 1. The van der Waals surface area contributed by atoms with Crippen LogP contribution in [0.15, 0.2) is 41.5 Å². The summed E-state index contributed by atoms with van der Waals surface area (Å²) in [4.78, 5) is 30.6. The first-order valence-electron chi connectivity index (χ1n) is 8.10. The van der Waals surface area contributed by atoms with Crippen molar-refractivity contribution >= 4 is 27.3 Å². The number of hydrogen-bond acceptors (Lipinski definition) is 5. The van der Waals surface area contributed by atoms with Gasteiger partial charge in [-0.1, -0.05) is 25.1 Å². The Labute approximate surface area is 156 Å². The zero-order valence-corrected chi connectivity index (χ0v) is 15.1. The number of ketones is 1. The molecule has 0 aliphatic rings. The first kappa shape index (κ1) is 19.1. The molecular weight excluding hydrogens is 381 g/mol. The molecule has 9 heteroatoms. The summed E-state index contributed by atoms with van der Waals surface area (Å²) in [5.41, 5.74) is -0.241. The molecular formula is C18H15F3N2O3S. The van der Waals surface area contributed by atoms with Gasteiger partial charge in [-0.15, -0.1) is 24.5 Å². The molecule has 0 N–H and O–H groups in total. The molecule has 2 aromatic heterocycles. The summed E-state index contributed by atoms with van der Waals surface area (Å²) in [5, 5.41) is 0.438. The van der Waals surface area contributed by atoms with E-state index in [2.05, 4.69) is 9.72 Å². The number of rotatable bonds is 6. The van der Waals surface area contributed by atoms with Crippen molar-refractivity contribution in [1.82, 2.24) is 9.55 Å². The zero-order valence-electron chi connectivity index (χ0n) is 14.2. The van der Waals surface area contributed by atoms with Gasteiger partial charge in [-0.05, 0) is 18.6 Å². The highest BCUT2D eigenvalue weighted by atomic mass is 32.1. The number of hydrogen-bond donors (Lipinski definition) is 0. The number of benzene rings is 1. The van der Waals surface area contributed by atoms with Crippen LogP contribution in [0.1, 0.15) is 17.4 Å². The molecule has 0 fully saturated rings. The van der Waals surface area contributed by atoms with Gasteiger partial charge < -0.3 is 4.74 Å². The van der Waals surface area contributed by atoms with Gasteiger partial charge in [-0.3, -0.25) is 14.2 Å². The molecule has 3 rings (SSSR count). The van der Waals surface area contributed by atoms with Crippen LogP contribution in [0.5, 0.6) is 5.75 Å². The van der Waals surface area contributed by atoms with E-state index in [9.17, 15) is 22.8 Å². The summed E-state index contributed by atoms with van der Waals surface area (Å²) in [6.45, 7) is 1.69. The third kappa shape index (κ3) is 4.54. The molecule has 0 radical (unpaired) electrons. The number of Topliss-reactive ketones (excluding diaryl/α,β-unsaturated/α-hetero) is 1. The van der Waals surface area contributed by atoms with Gasteiger partial charge in [0.05, 0.1) is 18.3 Å². The standard InChI is InChI=1S/C18H15F3N2O3S/c1-2-13-8-14-16(27-13)22-10-23(17(14)25)9-12(24)7-11-5-3-4-6-15(11)26-18(19,20)21/h3-6,8,10H,2,7,9H2,1H3. The third-order valence-electron chi connectivity index (χ3n) is 3.85. The van der Waals surface area contributed by atoms with Crippen molar-refractivity contribution < 1.29 is 22.7 Å². The Morgan fingerprint density at radius 1 is 1.30 bits per heavy atom. The maximum atomic E-state index is 12.5. The normalized spacial score (nSPS) is 11.7. The molecule has 142 valence electrons. The van der Waals surface area contributed by atoms with E-state index in [4.69, 9.17) is 0 Å². The van der Waals surface area contributed by atoms with Gasteiger partial charge in [0.1, 0.15) is 10.6 Å². The van der Waals surface area contributed by atoms with E-state index >= 15 is 0 Å². The Hall–Kier alpha value is -2.68. The van der Waals surface area contributed by atoms with Crippen molar-refractivity contribution in [2.45, 2.75) is 32.7 Å². The van der Waals surface area contributed by atoms with E-state index in [0.717, 1.165) is 17.4 Å². The van der Waals surface area contributed by atoms with Crippen molar-refractivity contribution in [3.63, 3.8) is 0 Å². The first-order valence-corrected chi connectivity index (χ1v) is 8.91. The SMILES string of the molecule is CCc1cc2c(=O)n(CC(=O)Cc3ccccc3OC(F)(F)F)cnc2s1. The second kappa shape index (κ2) is 7.51. The summed E-state index contributed by atoms with van der Waals surface area (Å²) in [5.74, 6) is -0.855. The van der Waals surface area contributed by atoms with Gasteiger partial charge in [-0.2, -0.15) is 0 Å². The minimum Gasteiger partial charge on any atom is -0.405 e. The van der Waals surface area contributed by atoms with Gasteiger partial charge >= 0.3 is 6.36 Å². The topological polar surface area (TPSA) is 61.2 Å². The number of halogens is 3. The number of carbonyl (C=O) groups is 1. The number of fused-ring (bicyclic) bond motifs is 1. The summed E-state index contributed by atoms with van der Waals surface area (Å²) in [6, 6.07) is 7.19. The highest BCUT2D eigenvalue weighted by molar-refractivity contribution is 7.18. The smallest absolute Gasteiger partial charge is 0.405 e. The lowest BCUT2D eigenvalue weighted by molar-refractivity contribution is -0.274. The molecule has 0 amide bonds.